The first-order valence-electron chi connectivity index (χ1n) is 9.25. The van der Waals surface area contributed by atoms with E-state index in [9.17, 15) is 24.3 Å². The van der Waals surface area contributed by atoms with E-state index in [4.69, 9.17) is 0 Å². The molecule has 1 heterocycles. The van der Waals surface area contributed by atoms with E-state index in [0.29, 0.717) is 5.92 Å². The Morgan fingerprint density at radius 3 is 2.68 bits per heavy atom. The molecule has 0 aromatic heterocycles. The van der Waals surface area contributed by atoms with E-state index >= 15 is 0 Å². The van der Waals surface area contributed by atoms with Gasteiger partial charge in [0, 0.05) is 12.3 Å². The highest BCUT2D eigenvalue weighted by Gasteiger charge is 2.50. The Kier molecular flexibility index (Phi) is 4.58. The number of barbiturate groups is 1. The number of hydrogen-bond acceptors (Lipinski definition) is 6. The first-order chi connectivity index (χ1) is 13.5. The summed E-state index contributed by atoms with van der Waals surface area (Å²) in [5, 5.41) is 15.6. The number of benzene rings is 1. The first-order valence-corrected chi connectivity index (χ1v) is 9.25. The van der Waals surface area contributed by atoms with E-state index in [1.54, 1.807) is 12.1 Å². The van der Waals surface area contributed by atoms with Crippen molar-refractivity contribution in [1.29, 1.82) is 0 Å². The van der Waals surface area contributed by atoms with Gasteiger partial charge in [-0.05, 0) is 43.2 Å². The summed E-state index contributed by atoms with van der Waals surface area (Å²) in [6.07, 6.45) is 4.89. The summed E-state index contributed by atoms with van der Waals surface area (Å²) < 4.78 is 0. The predicted octanol–water partition coefficient (Wildman–Crippen LogP) is 0.991. The Bertz CT molecular complexity index is 883. The fraction of sp³-hybridized carbons (Fsp3) is 0.421. The van der Waals surface area contributed by atoms with Crippen molar-refractivity contribution in [2.24, 2.45) is 22.9 Å². The Hall–Kier alpha value is -3.23. The summed E-state index contributed by atoms with van der Waals surface area (Å²) >= 11 is 0. The van der Waals surface area contributed by atoms with Crippen LogP contribution in [0.3, 0.4) is 0 Å². The van der Waals surface area contributed by atoms with Crippen LogP contribution in [0.2, 0.25) is 0 Å². The summed E-state index contributed by atoms with van der Waals surface area (Å²) in [7, 11) is 0. The molecule has 9 nitrogen and oxygen atoms in total. The van der Waals surface area contributed by atoms with Gasteiger partial charge in [0.1, 0.15) is 5.75 Å². The van der Waals surface area contributed by atoms with E-state index < -0.39 is 29.7 Å². The van der Waals surface area contributed by atoms with Crippen molar-refractivity contribution < 1.29 is 24.3 Å². The van der Waals surface area contributed by atoms with Crippen LogP contribution in [0.1, 0.15) is 36.0 Å². The van der Waals surface area contributed by atoms with Gasteiger partial charge in [-0.15, -0.1) is 0 Å². The Morgan fingerprint density at radius 1 is 1.21 bits per heavy atom. The minimum atomic E-state index is -1.29. The van der Waals surface area contributed by atoms with E-state index in [0.717, 1.165) is 36.8 Å². The topological polar surface area (TPSA) is 128 Å². The molecule has 4 atom stereocenters. The van der Waals surface area contributed by atoms with Gasteiger partial charge < -0.3 is 5.11 Å². The zero-order valence-corrected chi connectivity index (χ0v) is 15.0. The third kappa shape index (κ3) is 3.12. The van der Waals surface area contributed by atoms with Crippen LogP contribution in [0.25, 0.3) is 0 Å². The van der Waals surface area contributed by atoms with E-state index in [-0.39, 0.29) is 23.3 Å². The molecule has 0 unspecified atom stereocenters. The smallest absolute Gasteiger partial charge is 0.331 e. The number of hydrogen-bond donors (Lipinski definition) is 3. The zero-order chi connectivity index (χ0) is 19.8. The molecular weight excluding hydrogens is 364 g/mol. The van der Waals surface area contributed by atoms with Crippen LogP contribution in [0, 0.1) is 17.8 Å². The molecule has 28 heavy (non-hydrogen) atoms. The lowest BCUT2D eigenvalue weighted by molar-refractivity contribution is -0.141. The molecule has 2 bridgehead atoms. The summed E-state index contributed by atoms with van der Waals surface area (Å²) in [5.41, 5.74) is 2.20. The van der Waals surface area contributed by atoms with Gasteiger partial charge in [-0.2, -0.15) is 5.10 Å². The number of nitrogens with zero attached hydrogens (tertiary/aromatic N) is 2. The third-order valence-corrected chi connectivity index (χ3v) is 5.81. The molecule has 4 rings (SSSR count). The summed E-state index contributed by atoms with van der Waals surface area (Å²) in [5.74, 6) is -2.76. The average molecular weight is 384 g/mol. The second-order valence-corrected chi connectivity index (χ2v) is 7.46. The molecule has 5 amide bonds. The number of aromatic hydroxyl groups is 1. The van der Waals surface area contributed by atoms with Crippen molar-refractivity contribution in [1.82, 2.24) is 15.6 Å². The van der Waals surface area contributed by atoms with Crippen LogP contribution >= 0.6 is 0 Å². The molecule has 3 fully saturated rings. The minimum absolute atomic E-state index is 0.0119. The quantitative estimate of drug-likeness (QED) is 0.405. The van der Waals surface area contributed by atoms with Crippen molar-refractivity contribution in [3.8, 4) is 5.75 Å². The monoisotopic (exact) mass is 384 g/mol. The van der Waals surface area contributed by atoms with E-state index in [1.165, 1.54) is 12.1 Å². The maximum Gasteiger partial charge on any atom is 0.331 e. The lowest BCUT2D eigenvalue weighted by Crippen LogP contribution is -2.62. The van der Waals surface area contributed by atoms with Gasteiger partial charge in [0.05, 0.1) is 5.56 Å². The van der Waals surface area contributed by atoms with E-state index in [2.05, 4.69) is 15.8 Å². The number of fused-ring (bicyclic) bond motifs is 2. The van der Waals surface area contributed by atoms with Crippen molar-refractivity contribution >= 4 is 30.0 Å². The van der Waals surface area contributed by atoms with Crippen LogP contribution in [0.5, 0.6) is 5.75 Å². The van der Waals surface area contributed by atoms with Gasteiger partial charge in [-0.3, -0.25) is 24.6 Å². The number of urea groups is 1. The molecule has 0 spiro atoms. The molecule has 1 saturated heterocycles. The van der Waals surface area contributed by atoms with Crippen LogP contribution in [0.4, 0.5) is 4.79 Å². The Labute approximate surface area is 160 Å². The maximum atomic E-state index is 12.8. The summed E-state index contributed by atoms with van der Waals surface area (Å²) in [6.45, 7) is 0. The molecule has 3 aliphatic rings. The number of phenols is 1. The highest BCUT2D eigenvalue weighted by atomic mass is 16.3. The molecule has 9 heteroatoms. The second-order valence-electron chi connectivity index (χ2n) is 7.46. The van der Waals surface area contributed by atoms with Gasteiger partial charge >= 0.3 is 6.03 Å². The largest absolute Gasteiger partial charge is 0.507 e. The number of amides is 5. The van der Waals surface area contributed by atoms with Crippen molar-refractivity contribution in [3.63, 3.8) is 0 Å². The van der Waals surface area contributed by atoms with Crippen molar-refractivity contribution in [2.45, 2.75) is 31.7 Å². The number of carbonyl (C=O) groups excluding carboxylic acids is 4. The molecule has 3 N–H and O–H groups in total. The molecule has 1 aromatic rings. The van der Waals surface area contributed by atoms with Gasteiger partial charge in [0.2, 0.25) is 11.8 Å². The molecule has 1 aromatic carbocycles. The van der Waals surface area contributed by atoms with Gasteiger partial charge in [0.15, 0.2) is 5.92 Å². The molecule has 146 valence electrons. The Balaban J connectivity index is 1.46. The minimum Gasteiger partial charge on any atom is -0.507 e. The van der Waals surface area contributed by atoms with Gasteiger partial charge in [0.25, 0.3) is 5.91 Å². The van der Waals surface area contributed by atoms with Crippen molar-refractivity contribution in [3.05, 3.63) is 29.8 Å². The fourth-order valence-corrected chi connectivity index (χ4v) is 4.47. The van der Waals surface area contributed by atoms with Crippen LogP contribution in [-0.4, -0.2) is 46.0 Å². The number of nitrogens with one attached hydrogen (secondary N) is 2. The standard InChI is InChI=1S/C19H20N4O5/c24-15-4-2-1-3-12(15)17(26)22-20-9-13-16(25)21-19(28)23(18(13)27)14-8-10-5-6-11(14)7-10/h1-4,9-11,13-14,24H,5-8H2,(H,22,26)(H,21,25,28)/b20-9-/t10-,11-,13+,14+/m0/s1. The average Bonchev–Trinajstić information content (AvgIpc) is 3.28. The number of imide groups is 2. The number of para-hydroxylation sites is 1. The van der Waals surface area contributed by atoms with Crippen LogP contribution < -0.4 is 10.7 Å². The molecule has 0 radical (unpaired) electrons. The molecule has 2 saturated carbocycles. The Morgan fingerprint density at radius 2 is 2.00 bits per heavy atom. The lowest BCUT2D eigenvalue weighted by Gasteiger charge is -2.36. The highest BCUT2D eigenvalue weighted by Crippen LogP contribution is 2.47. The molecular formula is C19H20N4O5. The van der Waals surface area contributed by atoms with Crippen molar-refractivity contribution in [2.75, 3.05) is 0 Å². The maximum absolute atomic E-state index is 12.8. The SMILES string of the molecule is O=C(N/N=C\[C@@H]1C(=O)NC(=O)N([C@@H]2C[C@H]3CC[C@H]2C3)C1=O)c1ccccc1O. The lowest BCUT2D eigenvalue weighted by atomic mass is 9.92. The second kappa shape index (κ2) is 7.06. The highest BCUT2D eigenvalue weighted by molar-refractivity contribution is 6.23. The number of hydrazone groups is 1. The normalized spacial score (nSPS) is 29.4. The number of rotatable bonds is 4. The van der Waals surface area contributed by atoms with Gasteiger partial charge in [-0.25, -0.2) is 10.2 Å². The van der Waals surface area contributed by atoms with Crippen LogP contribution in [-0.2, 0) is 9.59 Å². The van der Waals surface area contributed by atoms with Gasteiger partial charge in [-0.1, -0.05) is 18.6 Å². The molecule has 2 aliphatic carbocycles. The number of carbonyl (C=O) groups is 4. The zero-order valence-electron chi connectivity index (χ0n) is 15.0. The fourth-order valence-electron chi connectivity index (χ4n) is 4.47. The van der Waals surface area contributed by atoms with E-state index in [1.807, 2.05) is 0 Å². The summed E-state index contributed by atoms with van der Waals surface area (Å²) in [4.78, 5) is 50.4. The molecule has 1 aliphatic heterocycles. The first kappa shape index (κ1) is 18.1. The third-order valence-electron chi connectivity index (χ3n) is 5.81. The predicted molar refractivity (Wildman–Crippen MR) is 97.2 cm³/mol. The number of phenolic OH excluding ortho intramolecular Hbond substituents is 1. The van der Waals surface area contributed by atoms with Crippen LogP contribution in [0.15, 0.2) is 29.4 Å². The summed E-state index contributed by atoms with van der Waals surface area (Å²) in [6, 6.07) is 5.04.